The standard InChI is InChI=1S/C16H21FN4O3/c1-18-14(22)15(23)19-10-11-6-8-21(9-7-11)16(24)20-13-4-2-12(17)3-5-13/h2-5,11H,6-10H2,1H3,(H,18,22)(H,19,23)(H,20,24). The molecular weight excluding hydrogens is 315 g/mol. The normalized spacial score (nSPS) is 14.8. The Kier molecular flexibility index (Phi) is 6.11. The summed E-state index contributed by atoms with van der Waals surface area (Å²) in [6.07, 6.45) is 1.48. The molecule has 130 valence electrons. The highest BCUT2D eigenvalue weighted by atomic mass is 19.1. The van der Waals surface area contributed by atoms with Crippen molar-refractivity contribution < 1.29 is 18.8 Å². The van der Waals surface area contributed by atoms with E-state index in [4.69, 9.17) is 0 Å². The van der Waals surface area contributed by atoms with E-state index in [2.05, 4.69) is 16.0 Å². The summed E-state index contributed by atoms with van der Waals surface area (Å²) in [6, 6.07) is 5.37. The monoisotopic (exact) mass is 336 g/mol. The summed E-state index contributed by atoms with van der Waals surface area (Å²) in [5, 5.41) is 7.58. The highest BCUT2D eigenvalue weighted by Gasteiger charge is 2.23. The maximum Gasteiger partial charge on any atom is 0.321 e. The number of urea groups is 1. The maximum absolute atomic E-state index is 12.8. The average molecular weight is 336 g/mol. The lowest BCUT2D eigenvalue weighted by Crippen LogP contribution is -2.45. The molecule has 3 N–H and O–H groups in total. The minimum Gasteiger partial charge on any atom is -0.351 e. The van der Waals surface area contributed by atoms with Gasteiger partial charge in [0.05, 0.1) is 0 Å². The molecule has 1 saturated heterocycles. The lowest BCUT2D eigenvalue weighted by Gasteiger charge is -2.32. The number of benzene rings is 1. The van der Waals surface area contributed by atoms with Gasteiger partial charge >= 0.3 is 17.8 Å². The quantitative estimate of drug-likeness (QED) is 0.717. The molecule has 7 nitrogen and oxygen atoms in total. The fourth-order valence-electron chi connectivity index (χ4n) is 2.51. The predicted molar refractivity (Wildman–Crippen MR) is 86.8 cm³/mol. The number of carbonyl (C=O) groups is 3. The Morgan fingerprint density at radius 2 is 1.75 bits per heavy atom. The smallest absolute Gasteiger partial charge is 0.321 e. The van der Waals surface area contributed by atoms with Crippen LogP contribution in [0, 0.1) is 11.7 Å². The first-order valence-electron chi connectivity index (χ1n) is 7.81. The summed E-state index contributed by atoms with van der Waals surface area (Å²) in [7, 11) is 1.40. The number of anilines is 1. The van der Waals surface area contributed by atoms with Crippen molar-refractivity contribution in [2.24, 2.45) is 5.92 Å². The van der Waals surface area contributed by atoms with E-state index in [1.807, 2.05) is 0 Å². The summed E-state index contributed by atoms with van der Waals surface area (Å²) in [6.45, 7) is 1.54. The second-order valence-electron chi connectivity index (χ2n) is 5.66. The summed E-state index contributed by atoms with van der Waals surface area (Å²) < 4.78 is 12.8. The molecule has 0 aliphatic carbocycles. The Balaban J connectivity index is 1.73. The van der Waals surface area contributed by atoms with Gasteiger partial charge in [-0.05, 0) is 43.0 Å². The van der Waals surface area contributed by atoms with Gasteiger partial charge in [0.15, 0.2) is 0 Å². The van der Waals surface area contributed by atoms with Crippen molar-refractivity contribution in [2.75, 3.05) is 32.0 Å². The first kappa shape index (κ1) is 17.7. The van der Waals surface area contributed by atoms with Crippen LogP contribution in [-0.4, -0.2) is 49.4 Å². The van der Waals surface area contributed by atoms with E-state index in [9.17, 15) is 18.8 Å². The molecule has 0 unspecified atom stereocenters. The van der Waals surface area contributed by atoms with E-state index in [1.54, 1.807) is 4.90 Å². The molecular formula is C16H21FN4O3. The van der Waals surface area contributed by atoms with Crippen molar-refractivity contribution in [3.63, 3.8) is 0 Å². The predicted octanol–water partition coefficient (Wildman–Crippen LogP) is 0.932. The number of nitrogens with zero attached hydrogens (tertiary/aromatic N) is 1. The second-order valence-corrected chi connectivity index (χ2v) is 5.66. The topological polar surface area (TPSA) is 90.5 Å². The van der Waals surface area contributed by atoms with Crippen LogP contribution < -0.4 is 16.0 Å². The maximum atomic E-state index is 12.8. The van der Waals surface area contributed by atoms with E-state index < -0.39 is 11.8 Å². The summed E-state index contributed by atoms with van der Waals surface area (Å²) in [5.41, 5.74) is 0.543. The minimum absolute atomic E-state index is 0.227. The highest BCUT2D eigenvalue weighted by Crippen LogP contribution is 2.18. The largest absolute Gasteiger partial charge is 0.351 e. The summed E-state index contributed by atoms with van der Waals surface area (Å²) >= 11 is 0. The van der Waals surface area contributed by atoms with Crippen LogP contribution in [0.2, 0.25) is 0 Å². The van der Waals surface area contributed by atoms with Crippen molar-refractivity contribution in [1.29, 1.82) is 0 Å². The number of halogens is 1. The van der Waals surface area contributed by atoms with Crippen LogP contribution in [0.15, 0.2) is 24.3 Å². The molecule has 1 aliphatic heterocycles. The third kappa shape index (κ3) is 4.94. The number of amides is 4. The number of likely N-dealkylation sites (N-methyl/N-ethyl adjacent to an activating group) is 1. The molecule has 1 aromatic rings. The fraction of sp³-hybridized carbons (Fsp3) is 0.438. The van der Waals surface area contributed by atoms with E-state index in [0.29, 0.717) is 25.3 Å². The number of carbonyl (C=O) groups excluding carboxylic acids is 3. The molecule has 2 rings (SSSR count). The van der Waals surface area contributed by atoms with Gasteiger partial charge in [-0.25, -0.2) is 9.18 Å². The first-order chi connectivity index (χ1) is 11.5. The van der Waals surface area contributed by atoms with Gasteiger partial charge in [-0.1, -0.05) is 0 Å². The van der Waals surface area contributed by atoms with Gasteiger partial charge in [0.1, 0.15) is 5.82 Å². The van der Waals surface area contributed by atoms with Gasteiger partial charge in [0.25, 0.3) is 0 Å². The zero-order valence-corrected chi connectivity index (χ0v) is 13.5. The van der Waals surface area contributed by atoms with E-state index in [0.717, 1.165) is 12.8 Å². The molecule has 1 fully saturated rings. The molecule has 0 aromatic heterocycles. The lowest BCUT2D eigenvalue weighted by atomic mass is 9.97. The van der Waals surface area contributed by atoms with Crippen LogP contribution in [0.25, 0.3) is 0 Å². The molecule has 1 aromatic carbocycles. The third-order valence-corrected chi connectivity index (χ3v) is 3.98. The number of hydrogen-bond donors (Lipinski definition) is 3. The van der Waals surface area contributed by atoms with Crippen LogP contribution in [0.4, 0.5) is 14.9 Å². The number of hydrogen-bond acceptors (Lipinski definition) is 3. The Morgan fingerprint density at radius 1 is 1.12 bits per heavy atom. The SMILES string of the molecule is CNC(=O)C(=O)NCC1CCN(C(=O)Nc2ccc(F)cc2)CC1. The average Bonchev–Trinajstić information content (AvgIpc) is 2.61. The zero-order chi connectivity index (χ0) is 17.5. The van der Waals surface area contributed by atoms with Gasteiger partial charge in [0, 0.05) is 32.4 Å². The molecule has 0 saturated carbocycles. The Bertz CT molecular complexity index is 598. The van der Waals surface area contributed by atoms with Crippen LogP contribution in [0.5, 0.6) is 0 Å². The highest BCUT2D eigenvalue weighted by molar-refractivity contribution is 6.35. The molecule has 24 heavy (non-hydrogen) atoms. The molecule has 0 radical (unpaired) electrons. The van der Waals surface area contributed by atoms with Crippen LogP contribution >= 0.6 is 0 Å². The number of likely N-dealkylation sites (tertiary alicyclic amines) is 1. The summed E-state index contributed by atoms with van der Waals surface area (Å²) in [5.74, 6) is -1.43. The van der Waals surface area contributed by atoms with Crippen molar-refractivity contribution >= 4 is 23.5 Å². The number of rotatable bonds is 3. The molecule has 1 aliphatic rings. The van der Waals surface area contributed by atoms with Gasteiger partial charge < -0.3 is 20.9 Å². The lowest BCUT2D eigenvalue weighted by molar-refractivity contribution is -0.139. The molecule has 4 amide bonds. The molecule has 0 bridgehead atoms. The van der Waals surface area contributed by atoms with Crippen molar-refractivity contribution in [3.8, 4) is 0 Å². The van der Waals surface area contributed by atoms with Crippen molar-refractivity contribution in [2.45, 2.75) is 12.8 Å². The van der Waals surface area contributed by atoms with Crippen molar-refractivity contribution in [1.82, 2.24) is 15.5 Å². The van der Waals surface area contributed by atoms with E-state index in [1.165, 1.54) is 31.3 Å². The fourth-order valence-corrected chi connectivity index (χ4v) is 2.51. The van der Waals surface area contributed by atoms with Crippen LogP contribution in [-0.2, 0) is 9.59 Å². The zero-order valence-electron chi connectivity index (χ0n) is 13.5. The Morgan fingerprint density at radius 3 is 2.33 bits per heavy atom. The number of piperidine rings is 1. The third-order valence-electron chi connectivity index (χ3n) is 3.98. The molecule has 0 atom stereocenters. The molecule has 8 heteroatoms. The van der Waals surface area contributed by atoms with Crippen LogP contribution in [0.3, 0.4) is 0 Å². The molecule has 1 heterocycles. The summed E-state index contributed by atoms with van der Waals surface area (Å²) in [4.78, 5) is 36.3. The first-order valence-corrected chi connectivity index (χ1v) is 7.81. The van der Waals surface area contributed by atoms with Gasteiger partial charge in [-0.2, -0.15) is 0 Å². The van der Waals surface area contributed by atoms with Gasteiger partial charge in [-0.3, -0.25) is 9.59 Å². The van der Waals surface area contributed by atoms with Crippen molar-refractivity contribution in [3.05, 3.63) is 30.1 Å². The minimum atomic E-state index is -0.661. The van der Waals surface area contributed by atoms with Gasteiger partial charge in [-0.15, -0.1) is 0 Å². The second kappa shape index (κ2) is 8.28. The number of nitrogens with one attached hydrogen (secondary N) is 3. The Labute approximate surface area is 139 Å². The molecule has 0 spiro atoms. The van der Waals surface area contributed by atoms with E-state index >= 15 is 0 Å². The van der Waals surface area contributed by atoms with Gasteiger partial charge in [0.2, 0.25) is 0 Å². The van der Waals surface area contributed by atoms with Crippen LogP contribution in [0.1, 0.15) is 12.8 Å². The Hall–Kier alpha value is -2.64. The van der Waals surface area contributed by atoms with E-state index in [-0.39, 0.29) is 17.8 Å².